The van der Waals surface area contributed by atoms with E-state index < -0.39 is 0 Å². The van der Waals surface area contributed by atoms with Crippen LogP contribution in [0.5, 0.6) is 5.75 Å². The molecule has 3 nitrogen and oxygen atoms in total. The number of carbonyl (C=O) groups excluding carboxylic acids is 1. The summed E-state index contributed by atoms with van der Waals surface area (Å²) < 4.78 is 5.62. The van der Waals surface area contributed by atoms with Gasteiger partial charge in [-0.05, 0) is 43.4 Å². The number of ether oxygens (including phenoxy) is 1. The summed E-state index contributed by atoms with van der Waals surface area (Å²) in [4.78, 5) is 11.7. The van der Waals surface area contributed by atoms with Gasteiger partial charge in [0.15, 0.2) is 6.61 Å². The van der Waals surface area contributed by atoms with Gasteiger partial charge < -0.3 is 10.1 Å². The molecular weight excluding hydrogens is 238 g/mol. The Hall–Kier alpha value is -1.51. The van der Waals surface area contributed by atoms with Crippen LogP contribution < -0.4 is 10.1 Å². The average molecular weight is 263 g/mol. The predicted octanol–water partition coefficient (Wildman–Crippen LogP) is 3.41. The van der Waals surface area contributed by atoms with Crippen molar-refractivity contribution in [3.63, 3.8) is 0 Å². The number of rotatable bonds is 6. The number of amides is 1. The third kappa shape index (κ3) is 4.93. The number of carbonyl (C=O) groups is 1. The Morgan fingerprint density at radius 2 is 2.00 bits per heavy atom. The molecule has 106 valence electrons. The van der Waals surface area contributed by atoms with E-state index in [9.17, 15) is 4.79 Å². The normalized spacial score (nSPS) is 12.3. The lowest BCUT2D eigenvalue weighted by molar-refractivity contribution is -0.123. The number of benzene rings is 1. The maximum Gasteiger partial charge on any atom is 0.258 e. The number of hydrogen-bond acceptors (Lipinski definition) is 2. The molecule has 1 amide bonds. The molecule has 0 unspecified atom stereocenters. The smallest absolute Gasteiger partial charge is 0.258 e. The molecule has 0 aliphatic rings. The molecule has 1 N–H and O–H groups in total. The van der Waals surface area contributed by atoms with E-state index >= 15 is 0 Å². The summed E-state index contributed by atoms with van der Waals surface area (Å²) in [6.45, 7) is 10.4. The van der Waals surface area contributed by atoms with E-state index in [2.05, 4.69) is 25.2 Å². The molecule has 0 radical (unpaired) electrons. The Morgan fingerprint density at radius 3 is 2.58 bits per heavy atom. The lowest BCUT2D eigenvalue weighted by Crippen LogP contribution is -2.35. The molecule has 1 aromatic carbocycles. The van der Waals surface area contributed by atoms with Crippen LogP contribution in [0.4, 0.5) is 0 Å². The van der Waals surface area contributed by atoms with E-state index in [1.54, 1.807) is 0 Å². The summed E-state index contributed by atoms with van der Waals surface area (Å²) in [6.07, 6.45) is 0.924. The van der Waals surface area contributed by atoms with Crippen LogP contribution in [0, 0.1) is 6.92 Å². The highest BCUT2D eigenvalue weighted by molar-refractivity contribution is 5.77. The topological polar surface area (TPSA) is 38.3 Å². The molecular formula is C16H25NO2. The van der Waals surface area contributed by atoms with Crippen molar-refractivity contribution in [3.05, 3.63) is 29.3 Å². The van der Waals surface area contributed by atoms with Gasteiger partial charge in [0.05, 0.1) is 0 Å². The summed E-state index contributed by atoms with van der Waals surface area (Å²) in [5.74, 6) is 1.19. The molecule has 1 atom stereocenters. The second-order valence-corrected chi connectivity index (χ2v) is 5.35. The van der Waals surface area contributed by atoms with Crippen molar-refractivity contribution in [2.75, 3.05) is 6.61 Å². The van der Waals surface area contributed by atoms with Gasteiger partial charge in [-0.15, -0.1) is 0 Å². The largest absolute Gasteiger partial charge is 0.483 e. The molecule has 19 heavy (non-hydrogen) atoms. The van der Waals surface area contributed by atoms with Gasteiger partial charge in [-0.25, -0.2) is 0 Å². The monoisotopic (exact) mass is 263 g/mol. The second kappa shape index (κ2) is 7.17. The quantitative estimate of drug-likeness (QED) is 0.854. The Labute approximate surface area is 116 Å². The van der Waals surface area contributed by atoms with E-state index in [1.165, 1.54) is 5.56 Å². The van der Waals surface area contributed by atoms with Gasteiger partial charge in [0.2, 0.25) is 0 Å². The van der Waals surface area contributed by atoms with Crippen molar-refractivity contribution in [1.82, 2.24) is 5.32 Å². The van der Waals surface area contributed by atoms with E-state index in [-0.39, 0.29) is 18.6 Å². The zero-order valence-corrected chi connectivity index (χ0v) is 12.6. The minimum absolute atomic E-state index is 0.0660. The van der Waals surface area contributed by atoms with Gasteiger partial charge in [0.25, 0.3) is 5.91 Å². The Balaban J connectivity index is 2.62. The van der Waals surface area contributed by atoms with Crippen LogP contribution >= 0.6 is 0 Å². The number of hydrogen-bond donors (Lipinski definition) is 1. The fourth-order valence-corrected chi connectivity index (χ4v) is 1.69. The molecule has 0 heterocycles. The lowest BCUT2D eigenvalue weighted by atomic mass is 10.0. The highest BCUT2D eigenvalue weighted by Gasteiger charge is 2.09. The standard InChI is InChI=1S/C16H25NO2/c1-6-13(5)17-16(18)10-19-15-9-14(11(2)3)8-7-12(15)4/h7-9,11,13H,6,10H2,1-5H3,(H,17,18)/t13-/m0/s1. The van der Waals surface area contributed by atoms with Crippen molar-refractivity contribution in [3.8, 4) is 5.75 Å². The molecule has 3 heteroatoms. The van der Waals surface area contributed by atoms with Crippen LogP contribution in [0.1, 0.15) is 51.2 Å². The van der Waals surface area contributed by atoms with Gasteiger partial charge in [0.1, 0.15) is 5.75 Å². The predicted molar refractivity (Wildman–Crippen MR) is 78.7 cm³/mol. The third-order valence-electron chi connectivity index (χ3n) is 3.26. The molecule has 0 saturated carbocycles. The first-order chi connectivity index (χ1) is 8.93. The molecule has 1 aromatic rings. The van der Waals surface area contributed by atoms with E-state index in [0.717, 1.165) is 17.7 Å². The van der Waals surface area contributed by atoms with Crippen LogP contribution in [0.3, 0.4) is 0 Å². The first-order valence-electron chi connectivity index (χ1n) is 6.96. The summed E-state index contributed by atoms with van der Waals surface area (Å²) in [6, 6.07) is 6.36. The highest BCUT2D eigenvalue weighted by atomic mass is 16.5. The fourth-order valence-electron chi connectivity index (χ4n) is 1.69. The summed E-state index contributed by atoms with van der Waals surface area (Å²) in [5.41, 5.74) is 2.28. The molecule has 0 saturated heterocycles. The average Bonchev–Trinajstić information content (AvgIpc) is 2.37. The van der Waals surface area contributed by atoms with E-state index in [1.807, 2.05) is 32.9 Å². The van der Waals surface area contributed by atoms with Gasteiger partial charge in [-0.3, -0.25) is 4.79 Å². The molecule has 0 fully saturated rings. The van der Waals surface area contributed by atoms with Gasteiger partial charge in [-0.1, -0.05) is 32.9 Å². The maximum atomic E-state index is 11.7. The summed E-state index contributed by atoms with van der Waals surface area (Å²) in [7, 11) is 0. The molecule has 0 aliphatic heterocycles. The highest BCUT2D eigenvalue weighted by Crippen LogP contribution is 2.24. The van der Waals surface area contributed by atoms with Crippen molar-refractivity contribution < 1.29 is 9.53 Å². The molecule has 1 rings (SSSR count). The van der Waals surface area contributed by atoms with Crippen LogP contribution in [0.15, 0.2) is 18.2 Å². The van der Waals surface area contributed by atoms with Crippen molar-refractivity contribution in [2.24, 2.45) is 0 Å². The third-order valence-corrected chi connectivity index (χ3v) is 3.26. The Bertz CT molecular complexity index is 427. The molecule has 0 aliphatic carbocycles. The SMILES string of the molecule is CC[C@H](C)NC(=O)COc1cc(C(C)C)ccc1C. The minimum atomic E-state index is -0.0660. The molecule has 0 spiro atoms. The number of aryl methyl sites for hydroxylation is 1. The van der Waals surface area contributed by atoms with Crippen LogP contribution in [-0.4, -0.2) is 18.6 Å². The van der Waals surface area contributed by atoms with Crippen LogP contribution in [0.25, 0.3) is 0 Å². The van der Waals surface area contributed by atoms with Crippen molar-refractivity contribution in [1.29, 1.82) is 0 Å². The van der Waals surface area contributed by atoms with Crippen LogP contribution in [0.2, 0.25) is 0 Å². The Kier molecular flexibility index (Phi) is 5.87. The van der Waals surface area contributed by atoms with Gasteiger partial charge >= 0.3 is 0 Å². The zero-order valence-electron chi connectivity index (χ0n) is 12.6. The second-order valence-electron chi connectivity index (χ2n) is 5.35. The molecule has 0 aromatic heterocycles. The fraction of sp³-hybridized carbons (Fsp3) is 0.562. The molecule has 0 bridgehead atoms. The zero-order chi connectivity index (χ0) is 14.4. The van der Waals surface area contributed by atoms with Gasteiger partial charge in [0, 0.05) is 6.04 Å². The summed E-state index contributed by atoms with van der Waals surface area (Å²) >= 11 is 0. The first-order valence-corrected chi connectivity index (χ1v) is 6.96. The lowest BCUT2D eigenvalue weighted by Gasteiger charge is -2.14. The van der Waals surface area contributed by atoms with Crippen molar-refractivity contribution in [2.45, 2.75) is 53.0 Å². The van der Waals surface area contributed by atoms with Crippen LogP contribution in [-0.2, 0) is 4.79 Å². The van der Waals surface area contributed by atoms with E-state index in [4.69, 9.17) is 4.74 Å². The first kappa shape index (κ1) is 15.5. The van der Waals surface area contributed by atoms with Gasteiger partial charge in [-0.2, -0.15) is 0 Å². The van der Waals surface area contributed by atoms with E-state index in [0.29, 0.717) is 5.92 Å². The Morgan fingerprint density at radius 1 is 1.32 bits per heavy atom. The number of nitrogens with one attached hydrogen (secondary N) is 1. The van der Waals surface area contributed by atoms with Crippen molar-refractivity contribution >= 4 is 5.91 Å². The maximum absolute atomic E-state index is 11.7. The summed E-state index contributed by atoms with van der Waals surface area (Å²) in [5, 5.41) is 2.89. The minimum Gasteiger partial charge on any atom is -0.483 e.